The van der Waals surface area contributed by atoms with Gasteiger partial charge in [0.25, 0.3) is 0 Å². The monoisotopic (exact) mass is 320 g/mol. The summed E-state index contributed by atoms with van der Waals surface area (Å²) in [5.74, 6) is 1.21. The van der Waals surface area contributed by atoms with Gasteiger partial charge in [0, 0.05) is 28.7 Å². The third kappa shape index (κ3) is 2.36. The molecule has 1 aliphatic heterocycles. The zero-order valence-electron chi connectivity index (χ0n) is 14.6. The molecule has 1 aliphatic carbocycles. The average Bonchev–Trinajstić information content (AvgIpc) is 3.16. The summed E-state index contributed by atoms with van der Waals surface area (Å²) in [4.78, 5) is 11.3. The highest BCUT2D eigenvalue weighted by Gasteiger charge is 2.52. The summed E-state index contributed by atoms with van der Waals surface area (Å²) in [6, 6.07) is 15.1. The summed E-state index contributed by atoms with van der Waals surface area (Å²) in [5.41, 5.74) is 5.15. The van der Waals surface area contributed by atoms with E-state index >= 15 is 0 Å². The summed E-state index contributed by atoms with van der Waals surface area (Å²) >= 11 is 0. The van der Waals surface area contributed by atoms with Crippen LogP contribution in [0.2, 0.25) is 0 Å². The molecule has 4 rings (SSSR count). The molecule has 0 amide bonds. The summed E-state index contributed by atoms with van der Waals surface area (Å²) in [6.07, 6.45) is 2.95. The molecular formula is C22H24O2. The van der Waals surface area contributed by atoms with E-state index in [1.807, 2.05) is 6.07 Å². The van der Waals surface area contributed by atoms with Crippen molar-refractivity contribution < 1.29 is 9.53 Å². The van der Waals surface area contributed by atoms with Crippen molar-refractivity contribution in [2.45, 2.75) is 44.4 Å². The maximum atomic E-state index is 11.3. The Hall–Kier alpha value is -2.09. The van der Waals surface area contributed by atoms with E-state index in [1.165, 1.54) is 22.3 Å². The number of rotatable bonds is 4. The fourth-order valence-corrected chi connectivity index (χ4v) is 3.90. The molecule has 0 saturated heterocycles. The average molecular weight is 320 g/mol. The summed E-state index contributed by atoms with van der Waals surface area (Å²) in [5, 5.41) is 0. The molecule has 24 heavy (non-hydrogen) atoms. The van der Waals surface area contributed by atoms with Crippen LogP contribution < -0.4 is 4.74 Å². The summed E-state index contributed by atoms with van der Waals surface area (Å²) < 4.78 is 6.09. The number of carbonyl (C=O) groups is 1. The Morgan fingerprint density at radius 2 is 1.92 bits per heavy atom. The van der Waals surface area contributed by atoms with Crippen molar-refractivity contribution in [3.05, 3.63) is 64.7 Å². The topological polar surface area (TPSA) is 26.3 Å². The largest absolute Gasteiger partial charge is 0.492 e. The van der Waals surface area contributed by atoms with Crippen molar-refractivity contribution in [2.75, 3.05) is 6.61 Å². The number of carbonyl (C=O) groups excluding carboxylic acids is 1. The van der Waals surface area contributed by atoms with Crippen LogP contribution in [0.1, 0.15) is 49.4 Å². The van der Waals surface area contributed by atoms with E-state index in [2.05, 4.69) is 57.2 Å². The second kappa shape index (κ2) is 5.20. The highest BCUT2D eigenvalue weighted by Crippen LogP contribution is 2.55. The molecule has 0 unspecified atom stereocenters. The van der Waals surface area contributed by atoms with Gasteiger partial charge in [0.15, 0.2) is 0 Å². The molecule has 1 saturated carbocycles. The van der Waals surface area contributed by atoms with Crippen LogP contribution in [0.5, 0.6) is 5.75 Å². The van der Waals surface area contributed by atoms with Crippen LogP contribution in [0.25, 0.3) is 0 Å². The predicted molar refractivity (Wildman–Crippen MR) is 95.7 cm³/mol. The van der Waals surface area contributed by atoms with Crippen LogP contribution >= 0.6 is 0 Å². The lowest BCUT2D eigenvalue weighted by atomic mass is 9.81. The first kappa shape index (κ1) is 15.4. The Kier molecular flexibility index (Phi) is 3.35. The first-order valence-electron chi connectivity index (χ1n) is 8.74. The lowest BCUT2D eigenvalue weighted by Gasteiger charge is -2.20. The standard InChI is InChI=1S/C22H24O2/c1-21(2)14-24-20-16(9-15-7-5-4-6-8-15)10-17(11-19(20)21)22(3)12-18(22)13-23/h4-8,10-11,13,18H,9,12,14H2,1-3H3/t18-,22-/m1/s1. The summed E-state index contributed by atoms with van der Waals surface area (Å²) in [6.45, 7) is 7.41. The third-order valence-electron chi connectivity index (χ3n) is 5.84. The molecule has 1 fully saturated rings. The number of benzene rings is 2. The van der Waals surface area contributed by atoms with E-state index in [0.29, 0.717) is 0 Å². The quantitative estimate of drug-likeness (QED) is 0.779. The van der Waals surface area contributed by atoms with Gasteiger partial charge in [-0.25, -0.2) is 0 Å². The van der Waals surface area contributed by atoms with Crippen molar-refractivity contribution in [1.82, 2.24) is 0 Å². The number of aldehydes is 1. The van der Waals surface area contributed by atoms with Crippen molar-refractivity contribution in [3.63, 3.8) is 0 Å². The Morgan fingerprint density at radius 3 is 2.58 bits per heavy atom. The second-order valence-corrected chi connectivity index (χ2v) is 8.21. The molecule has 124 valence electrons. The van der Waals surface area contributed by atoms with Crippen LogP contribution in [0.4, 0.5) is 0 Å². The molecule has 2 aromatic carbocycles. The number of hydrogen-bond donors (Lipinski definition) is 0. The van der Waals surface area contributed by atoms with Gasteiger partial charge in [-0.3, -0.25) is 0 Å². The molecule has 2 nitrogen and oxygen atoms in total. The molecule has 2 atom stereocenters. The third-order valence-corrected chi connectivity index (χ3v) is 5.84. The molecule has 0 bridgehead atoms. The van der Waals surface area contributed by atoms with Crippen LogP contribution in [-0.2, 0) is 22.0 Å². The first-order chi connectivity index (χ1) is 11.4. The number of fused-ring (bicyclic) bond motifs is 1. The Balaban J connectivity index is 1.81. The first-order valence-corrected chi connectivity index (χ1v) is 8.74. The van der Waals surface area contributed by atoms with Gasteiger partial charge in [0.1, 0.15) is 12.0 Å². The van der Waals surface area contributed by atoms with Gasteiger partial charge >= 0.3 is 0 Å². The zero-order chi connectivity index (χ0) is 16.9. The van der Waals surface area contributed by atoms with Gasteiger partial charge in [-0.15, -0.1) is 0 Å². The van der Waals surface area contributed by atoms with E-state index in [0.717, 1.165) is 31.5 Å². The van der Waals surface area contributed by atoms with E-state index in [1.54, 1.807) is 0 Å². The van der Waals surface area contributed by atoms with Crippen molar-refractivity contribution in [2.24, 2.45) is 5.92 Å². The highest BCUT2D eigenvalue weighted by molar-refractivity contribution is 5.65. The van der Waals surface area contributed by atoms with E-state index in [9.17, 15) is 4.79 Å². The maximum Gasteiger partial charge on any atom is 0.126 e. The minimum absolute atomic E-state index is 0.000881. The van der Waals surface area contributed by atoms with Crippen LogP contribution in [0.15, 0.2) is 42.5 Å². The fraction of sp³-hybridized carbons (Fsp3) is 0.409. The molecule has 2 aromatic rings. The number of ether oxygens (including phenoxy) is 1. The van der Waals surface area contributed by atoms with Crippen LogP contribution in [0, 0.1) is 5.92 Å². The SMILES string of the molecule is CC1(C)COc2c(Cc3ccccc3)cc([C@@]3(C)C[C@@H]3C=O)cc21. The second-order valence-electron chi connectivity index (χ2n) is 8.21. The predicted octanol–water partition coefficient (Wildman–Crippen LogP) is 4.42. The Labute approximate surface area is 143 Å². The molecule has 2 aliphatic rings. The Bertz CT molecular complexity index is 791. The molecular weight excluding hydrogens is 296 g/mol. The smallest absolute Gasteiger partial charge is 0.126 e. The van der Waals surface area contributed by atoms with E-state index in [-0.39, 0.29) is 16.7 Å². The van der Waals surface area contributed by atoms with Crippen molar-refractivity contribution in [1.29, 1.82) is 0 Å². The van der Waals surface area contributed by atoms with Gasteiger partial charge in [0.05, 0.1) is 6.61 Å². The highest BCUT2D eigenvalue weighted by atomic mass is 16.5. The molecule has 0 spiro atoms. The van der Waals surface area contributed by atoms with Crippen molar-refractivity contribution >= 4 is 6.29 Å². The lowest BCUT2D eigenvalue weighted by molar-refractivity contribution is -0.109. The fourth-order valence-electron chi connectivity index (χ4n) is 3.90. The molecule has 0 aromatic heterocycles. The van der Waals surface area contributed by atoms with Gasteiger partial charge in [0.2, 0.25) is 0 Å². The van der Waals surface area contributed by atoms with Gasteiger partial charge in [-0.05, 0) is 23.1 Å². The minimum Gasteiger partial charge on any atom is -0.492 e. The van der Waals surface area contributed by atoms with Gasteiger partial charge in [-0.2, -0.15) is 0 Å². The van der Waals surface area contributed by atoms with Gasteiger partial charge < -0.3 is 9.53 Å². The van der Waals surface area contributed by atoms with Crippen LogP contribution in [0.3, 0.4) is 0 Å². The minimum atomic E-state index is 0.000881. The van der Waals surface area contributed by atoms with E-state index < -0.39 is 0 Å². The normalized spacial score (nSPS) is 26.5. The molecule has 0 radical (unpaired) electrons. The Morgan fingerprint density at radius 1 is 1.17 bits per heavy atom. The molecule has 2 heteroatoms. The zero-order valence-corrected chi connectivity index (χ0v) is 14.6. The van der Waals surface area contributed by atoms with Crippen molar-refractivity contribution in [3.8, 4) is 5.75 Å². The molecule has 1 heterocycles. The number of hydrogen-bond acceptors (Lipinski definition) is 2. The lowest BCUT2D eigenvalue weighted by Crippen LogP contribution is -2.19. The maximum absolute atomic E-state index is 11.3. The van der Waals surface area contributed by atoms with E-state index in [4.69, 9.17) is 4.74 Å². The van der Waals surface area contributed by atoms with Gasteiger partial charge in [-0.1, -0.05) is 63.2 Å². The molecule has 0 N–H and O–H groups in total. The summed E-state index contributed by atoms with van der Waals surface area (Å²) in [7, 11) is 0. The van der Waals surface area contributed by atoms with Crippen LogP contribution in [-0.4, -0.2) is 12.9 Å².